The fraction of sp³-hybridized carbons (Fsp3) is 0.478. The molecule has 2 aromatic carbocycles. The van der Waals surface area contributed by atoms with Crippen LogP contribution in [0, 0.1) is 17.6 Å². The van der Waals surface area contributed by atoms with E-state index < -0.39 is 27.6 Å². The van der Waals surface area contributed by atoms with Gasteiger partial charge >= 0.3 is 0 Å². The Bertz CT molecular complexity index is 972. The number of hydrogen-bond donors (Lipinski definition) is 2. The van der Waals surface area contributed by atoms with Crippen LogP contribution in [0.25, 0.3) is 0 Å². The zero-order valence-corrected chi connectivity index (χ0v) is 18.2. The van der Waals surface area contributed by atoms with E-state index in [1.165, 1.54) is 17.7 Å². The molecule has 1 aliphatic rings. The van der Waals surface area contributed by atoms with Gasteiger partial charge in [0.05, 0.1) is 17.6 Å². The second-order valence-electron chi connectivity index (χ2n) is 8.62. The molecule has 2 atom stereocenters. The first-order valence-electron chi connectivity index (χ1n) is 10.3. The number of benzene rings is 2. The summed E-state index contributed by atoms with van der Waals surface area (Å²) in [6, 6.07) is 8.90. The van der Waals surface area contributed by atoms with E-state index >= 15 is 0 Å². The molecule has 0 saturated carbocycles. The molecule has 0 saturated heterocycles. The normalized spacial score (nSPS) is 18.9. The summed E-state index contributed by atoms with van der Waals surface area (Å²) in [6.45, 7) is 4.48. The minimum Gasteiger partial charge on any atom is -0.392 e. The highest BCUT2D eigenvalue weighted by Gasteiger charge is 2.30. The van der Waals surface area contributed by atoms with Crippen molar-refractivity contribution in [2.75, 3.05) is 12.3 Å². The number of fused-ring (bicyclic) bond motifs is 1. The lowest BCUT2D eigenvalue weighted by Crippen LogP contribution is -2.37. The molecule has 0 spiro atoms. The Hall–Kier alpha value is -1.83. The van der Waals surface area contributed by atoms with Crippen molar-refractivity contribution in [1.29, 1.82) is 0 Å². The van der Waals surface area contributed by atoms with E-state index in [0.717, 1.165) is 23.6 Å². The monoisotopic (exact) mass is 437 g/mol. The number of hydrogen-bond acceptors (Lipinski definition) is 4. The molecule has 0 fully saturated rings. The molecule has 0 bridgehead atoms. The van der Waals surface area contributed by atoms with Gasteiger partial charge in [0, 0.05) is 18.7 Å². The van der Waals surface area contributed by atoms with Crippen LogP contribution in [0.1, 0.15) is 48.6 Å². The SMILES string of the molecule is CC(C)Cc1ccc2c(c1)C(NCC(O)CCc1cc(F)cc(F)c1)CS(=O)(=O)C2. The maximum absolute atomic E-state index is 13.3. The molecule has 164 valence electrons. The minimum absolute atomic E-state index is 0.00698. The lowest BCUT2D eigenvalue weighted by Gasteiger charge is -2.28. The Morgan fingerprint density at radius 1 is 1.10 bits per heavy atom. The summed E-state index contributed by atoms with van der Waals surface area (Å²) < 4.78 is 51.3. The lowest BCUT2D eigenvalue weighted by atomic mass is 9.94. The second kappa shape index (κ2) is 9.54. The number of aryl methyl sites for hydroxylation is 1. The van der Waals surface area contributed by atoms with Crippen LogP contribution in [0.5, 0.6) is 0 Å². The maximum Gasteiger partial charge on any atom is 0.156 e. The smallest absolute Gasteiger partial charge is 0.156 e. The van der Waals surface area contributed by atoms with Gasteiger partial charge in [0.1, 0.15) is 11.6 Å². The molecule has 2 N–H and O–H groups in total. The third kappa shape index (κ3) is 6.33. The Morgan fingerprint density at radius 2 is 1.80 bits per heavy atom. The molecule has 0 radical (unpaired) electrons. The van der Waals surface area contributed by atoms with E-state index in [1.54, 1.807) is 0 Å². The van der Waals surface area contributed by atoms with Crippen molar-refractivity contribution in [1.82, 2.24) is 5.32 Å². The molecule has 2 unspecified atom stereocenters. The van der Waals surface area contributed by atoms with Crippen LogP contribution in [0.15, 0.2) is 36.4 Å². The second-order valence-corrected chi connectivity index (χ2v) is 10.7. The standard InChI is InChI=1S/C23H29F2NO3S/c1-15(2)7-16-3-5-18-13-30(28,29)14-23(22(18)10-16)26-12-21(27)6-4-17-8-19(24)11-20(25)9-17/h3,5,8-11,15,21,23,26-27H,4,6-7,12-14H2,1-2H3. The number of aliphatic hydroxyl groups excluding tert-OH is 1. The van der Waals surface area contributed by atoms with Gasteiger partial charge in [-0.3, -0.25) is 0 Å². The number of halogens is 2. The highest BCUT2D eigenvalue weighted by molar-refractivity contribution is 7.90. The van der Waals surface area contributed by atoms with Crippen molar-refractivity contribution in [2.45, 2.75) is 51.0 Å². The molecule has 3 rings (SSSR count). The van der Waals surface area contributed by atoms with E-state index in [4.69, 9.17) is 0 Å². The Morgan fingerprint density at radius 3 is 2.47 bits per heavy atom. The van der Waals surface area contributed by atoms with Gasteiger partial charge in [-0.15, -0.1) is 0 Å². The topological polar surface area (TPSA) is 66.4 Å². The van der Waals surface area contributed by atoms with Crippen molar-refractivity contribution >= 4 is 9.84 Å². The van der Waals surface area contributed by atoms with E-state index in [9.17, 15) is 22.3 Å². The molecule has 4 nitrogen and oxygen atoms in total. The molecule has 2 aromatic rings. The van der Waals surface area contributed by atoms with Crippen LogP contribution in [0.4, 0.5) is 8.78 Å². The van der Waals surface area contributed by atoms with Crippen LogP contribution in [0.3, 0.4) is 0 Å². The first-order valence-corrected chi connectivity index (χ1v) is 12.1. The Labute approximate surface area is 177 Å². The predicted molar refractivity (Wildman–Crippen MR) is 114 cm³/mol. The largest absolute Gasteiger partial charge is 0.392 e. The molecule has 0 amide bonds. The zero-order valence-electron chi connectivity index (χ0n) is 17.4. The van der Waals surface area contributed by atoms with Crippen LogP contribution < -0.4 is 5.32 Å². The summed E-state index contributed by atoms with van der Waals surface area (Å²) >= 11 is 0. The van der Waals surface area contributed by atoms with E-state index in [-0.39, 0.29) is 24.1 Å². The fourth-order valence-corrected chi connectivity index (χ4v) is 5.64. The molecule has 0 aliphatic carbocycles. The summed E-state index contributed by atoms with van der Waals surface area (Å²) in [5.41, 5.74) is 3.43. The zero-order chi connectivity index (χ0) is 21.9. The minimum atomic E-state index is -3.22. The summed E-state index contributed by atoms with van der Waals surface area (Å²) in [6.07, 6.45) is 0.799. The van der Waals surface area contributed by atoms with Gasteiger partial charge in [0.25, 0.3) is 0 Å². The number of sulfone groups is 1. The van der Waals surface area contributed by atoms with Gasteiger partial charge in [-0.2, -0.15) is 0 Å². The predicted octanol–water partition coefficient (Wildman–Crippen LogP) is 3.72. The molecule has 1 aliphatic heterocycles. The van der Waals surface area contributed by atoms with Crippen LogP contribution >= 0.6 is 0 Å². The molecular formula is C23H29F2NO3S. The summed E-state index contributed by atoms with van der Waals surface area (Å²) in [4.78, 5) is 0. The Balaban J connectivity index is 1.65. The van der Waals surface area contributed by atoms with Gasteiger partial charge in [-0.05, 0) is 59.6 Å². The number of aliphatic hydroxyl groups is 1. The number of nitrogens with one attached hydrogen (secondary N) is 1. The first-order chi connectivity index (χ1) is 14.1. The summed E-state index contributed by atoms with van der Waals surface area (Å²) in [5.74, 6) is -0.753. The lowest BCUT2D eigenvalue weighted by molar-refractivity contribution is 0.158. The Kier molecular flexibility index (Phi) is 7.26. The first kappa shape index (κ1) is 22.8. The van der Waals surface area contributed by atoms with E-state index in [1.807, 2.05) is 12.1 Å². The van der Waals surface area contributed by atoms with Gasteiger partial charge in [0.2, 0.25) is 0 Å². The van der Waals surface area contributed by atoms with Crippen LogP contribution in [0.2, 0.25) is 0 Å². The van der Waals surface area contributed by atoms with Crippen molar-refractivity contribution in [3.05, 3.63) is 70.3 Å². The van der Waals surface area contributed by atoms with E-state index in [0.29, 0.717) is 24.3 Å². The van der Waals surface area contributed by atoms with Crippen LogP contribution in [-0.2, 0) is 28.4 Å². The highest BCUT2D eigenvalue weighted by Crippen LogP contribution is 2.30. The molecule has 7 heteroatoms. The average Bonchev–Trinajstić information content (AvgIpc) is 2.63. The summed E-state index contributed by atoms with van der Waals surface area (Å²) in [7, 11) is -3.22. The molecule has 0 aromatic heterocycles. The quantitative estimate of drug-likeness (QED) is 0.661. The maximum atomic E-state index is 13.3. The van der Waals surface area contributed by atoms with E-state index in [2.05, 4.69) is 25.2 Å². The molecular weight excluding hydrogens is 408 g/mol. The van der Waals surface area contributed by atoms with Crippen molar-refractivity contribution in [3.63, 3.8) is 0 Å². The van der Waals surface area contributed by atoms with Gasteiger partial charge < -0.3 is 10.4 Å². The highest BCUT2D eigenvalue weighted by atomic mass is 32.2. The molecule has 30 heavy (non-hydrogen) atoms. The van der Waals surface area contributed by atoms with Gasteiger partial charge in [-0.1, -0.05) is 32.0 Å². The van der Waals surface area contributed by atoms with Gasteiger partial charge in [0.15, 0.2) is 9.84 Å². The van der Waals surface area contributed by atoms with Crippen LogP contribution in [-0.4, -0.2) is 31.9 Å². The van der Waals surface area contributed by atoms with Crippen molar-refractivity contribution in [2.24, 2.45) is 5.92 Å². The number of rotatable bonds is 8. The fourth-order valence-electron chi connectivity index (χ4n) is 3.98. The molecule has 1 heterocycles. The van der Waals surface area contributed by atoms with Gasteiger partial charge in [-0.25, -0.2) is 17.2 Å². The van der Waals surface area contributed by atoms with Crippen molar-refractivity contribution in [3.8, 4) is 0 Å². The van der Waals surface area contributed by atoms with Crippen molar-refractivity contribution < 1.29 is 22.3 Å². The average molecular weight is 438 g/mol. The third-order valence-electron chi connectivity index (χ3n) is 5.31. The third-order valence-corrected chi connectivity index (χ3v) is 6.91. The summed E-state index contributed by atoms with van der Waals surface area (Å²) in [5, 5.41) is 13.5.